The van der Waals surface area contributed by atoms with E-state index in [1.54, 1.807) is 18.5 Å². The number of nitrogens with one attached hydrogen (secondary N) is 1. The molecule has 1 aromatic heterocycles. The number of pyridine rings is 1. The lowest BCUT2D eigenvalue weighted by atomic mass is 10.0. The van der Waals surface area contributed by atoms with Gasteiger partial charge in [0.25, 0.3) is 5.91 Å². The van der Waals surface area contributed by atoms with Gasteiger partial charge in [-0.2, -0.15) is 0 Å². The molecule has 0 spiro atoms. The molecule has 3 N–H and O–H groups in total. The largest absolute Gasteiger partial charge is 0.335 e. The van der Waals surface area contributed by atoms with Crippen molar-refractivity contribution in [2.24, 2.45) is 11.8 Å². The maximum Gasteiger partial charge on any atom is 0.257 e. The summed E-state index contributed by atoms with van der Waals surface area (Å²) in [5, 5.41) is 0. The van der Waals surface area contributed by atoms with Crippen molar-refractivity contribution in [1.29, 1.82) is 0 Å². The van der Waals surface area contributed by atoms with Gasteiger partial charge in [-0.05, 0) is 24.8 Å². The van der Waals surface area contributed by atoms with Crippen molar-refractivity contribution in [2.75, 3.05) is 12.0 Å². The first kappa shape index (κ1) is 12.8. The molecule has 1 aromatic rings. The number of aromatic nitrogens is 1. The Labute approximate surface area is 107 Å². The monoisotopic (exact) mass is 248 g/mol. The molecule has 0 bridgehead atoms. The third-order valence-corrected chi connectivity index (χ3v) is 3.54. The van der Waals surface area contributed by atoms with Gasteiger partial charge < -0.3 is 10.3 Å². The smallest absolute Gasteiger partial charge is 0.257 e. The van der Waals surface area contributed by atoms with E-state index in [1.807, 2.05) is 4.90 Å². The molecule has 0 aromatic carbocycles. The Kier molecular flexibility index (Phi) is 3.81. The second kappa shape index (κ2) is 5.35. The second-order valence-corrected chi connectivity index (χ2v) is 5.02. The summed E-state index contributed by atoms with van der Waals surface area (Å²) in [6.45, 7) is 5.13. The molecule has 2 rings (SSSR count). The van der Waals surface area contributed by atoms with Crippen molar-refractivity contribution in [1.82, 2.24) is 9.88 Å². The number of anilines is 1. The van der Waals surface area contributed by atoms with Crippen LogP contribution in [0.5, 0.6) is 0 Å². The zero-order valence-electron chi connectivity index (χ0n) is 10.9. The van der Waals surface area contributed by atoms with Gasteiger partial charge in [-0.1, -0.05) is 13.8 Å². The molecule has 5 nitrogen and oxygen atoms in total. The van der Waals surface area contributed by atoms with Crippen molar-refractivity contribution in [3.8, 4) is 0 Å². The van der Waals surface area contributed by atoms with Crippen LogP contribution in [-0.4, -0.2) is 28.4 Å². The molecule has 1 aliphatic rings. The molecular weight excluding hydrogens is 228 g/mol. The van der Waals surface area contributed by atoms with E-state index in [2.05, 4.69) is 24.3 Å². The number of carbonyl (C=O) groups is 1. The minimum absolute atomic E-state index is 0.0206. The van der Waals surface area contributed by atoms with E-state index in [1.165, 1.54) is 0 Å². The molecule has 98 valence electrons. The minimum atomic E-state index is 0.0206. The van der Waals surface area contributed by atoms with Gasteiger partial charge in [0, 0.05) is 25.0 Å². The number of nitrogen functional groups attached to an aromatic ring is 1. The highest BCUT2D eigenvalue weighted by molar-refractivity contribution is 5.99. The Balaban J connectivity index is 2.25. The van der Waals surface area contributed by atoms with Crippen LogP contribution >= 0.6 is 0 Å². The third kappa shape index (κ3) is 2.31. The van der Waals surface area contributed by atoms with Gasteiger partial charge in [0.15, 0.2) is 0 Å². The predicted octanol–water partition coefficient (Wildman–Crippen LogP) is 1.63. The molecule has 18 heavy (non-hydrogen) atoms. The summed E-state index contributed by atoms with van der Waals surface area (Å²) < 4.78 is 0. The lowest BCUT2D eigenvalue weighted by Gasteiger charge is -2.28. The van der Waals surface area contributed by atoms with Crippen LogP contribution in [0.4, 0.5) is 5.69 Å². The average Bonchev–Trinajstić information content (AvgIpc) is 2.87. The van der Waals surface area contributed by atoms with Crippen LogP contribution < -0.4 is 11.3 Å². The predicted molar refractivity (Wildman–Crippen MR) is 70.9 cm³/mol. The van der Waals surface area contributed by atoms with Crippen molar-refractivity contribution in [3.05, 3.63) is 24.0 Å². The molecule has 1 saturated heterocycles. The zero-order chi connectivity index (χ0) is 13.1. The minimum Gasteiger partial charge on any atom is -0.335 e. The molecule has 5 heteroatoms. The fourth-order valence-electron chi connectivity index (χ4n) is 2.58. The summed E-state index contributed by atoms with van der Waals surface area (Å²) in [6.07, 6.45) is 5.35. The van der Waals surface area contributed by atoms with Gasteiger partial charge >= 0.3 is 0 Å². The lowest BCUT2D eigenvalue weighted by molar-refractivity contribution is 0.0702. The highest BCUT2D eigenvalue weighted by Crippen LogP contribution is 2.27. The highest BCUT2D eigenvalue weighted by Gasteiger charge is 2.32. The molecule has 1 atom stereocenters. The topological polar surface area (TPSA) is 71.2 Å². The highest BCUT2D eigenvalue weighted by atomic mass is 16.2. The first-order valence-corrected chi connectivity index (χ1v) is 6.36. The third-order valence-electron chi connectivity index (χ3n) is 3.54. The maximum absolute atomic E-state index is 12.5. The van der Waals surface area contributed by atoms with Crippen molar-refractivity contribution in [2.45, 2.75) is 32.7 Å². The Bertz CT molecular complexity index is 433. The van der Waals surface area contributed by atoms with Crippen LogP contribution in [0, 0.1) is 5.92 Å². The van der Waals surface area contributed by atoms with Crippen LogP contribution in [0.2, 0.25) is 0 Å². The second-order valence-electron chi connectivity index (χ2n) is 5.02. The number of likely N-dealkylation sites (tertiary alicyclic amines) is 1. The summed E-state index contributed by atoms with van der Waals surface area (Å²) in [5.41, 5.74) is 3.73. The standard InChI is InChI=1S/C13H20N4O/c1-9(2)12-4-3-7-17(12)13(18)10-8-15-6-5-11(10)16-14/h5-6,8-9,12H,3-4,7,14H2,1-2H3,(H,15,16). The van der Waals surface area contributed by atoms with Crippen LogP contribution in [0.1, 0.15) is 37.0 Å². The fourth-order valence-corrected chi connectivity index (χ4v) is 2.58. The van der Waals surface area contributed by atoms with E-state index < -0.39 is 0 Å². The SMILES string of the molecule is CC(C)C1CCCN1C(=O)c1cnccc1NN. The Hall–Kier alpha value is -1.62. The summed E-state index contributed by atoms with van der Waals surface area (Å²) >= 11 is 0. The van der Waals surface area contributed by atoms with E-state index in [0.29, 0.717) is 23.2 Å². The molecule has 1 aliphatic heterocycles. The number of nitrogens with two attached hydrogens (primary N) is 1. The van der Waals surface area contributed by atoms with Crippen molar-refractivity contribution < 1.29 is 4.79 Å². The summed E-state index contributed by atoms with van der Waals surface area (Å²) in [5.74, 6) is 5.93. The van der Waals surface area contributed by atoms with Gasteiger partial charge in [0.2, 0.25) is 0 Å². The number of hydrazine groups is 1. The van der Waals surface area contributed by atoms with E-state index >= 15 is 0 Å². The Morgan fingerprint density at radius 2 is 2.39 bits per heavy atom. The molecule has 2 heterocycles. The van der Waals surface area contributed by atoms with Crippen LogP contribution in [0.25, 0.3) is 0 Å². The lowest BCUT2D eigenvalue weighted by Crippen LogP contribution is -2.39. The molecule has 0 saturated carbocycles. The quantitative estimate of drug-likeness (QED) is 0.630. The molecule has 0 aliphatic carbocycles. The summed E-state index contributed by atoms with van der Waals surface area (Å²) in [4.78, 5) is 18.5. The first-order chi connectivity index (χ1) is 8.65. The Morgan fingerprint density at radius 1 is 1.61 bits per heavy atom. The van der Waals surface area contributed by atoms with Gasteiger partial charge in [-0.25, -0.2) is 0 Å². The average molecular weight is 248 g/mol. The van der Waals surface area contributed by atoms with Crippen LogP contribution in [0.3, 0.4) is 0 Å². The number of hydrogen-bond donors (Lipinski definition) is 2. The van der Waals surface area contributed by atoms with Gasteiger partial charge in [-0.15, -0.1) is 0 Å². The molecule has 1 fully saturated rings. The summed E-state index contributed by atoms with van der Waals surface area (Å²) in [6, 6.07) is 2.04. The summed E-state index contributed by atoms with van der Waals surface area (Å²) in [7, 11) is 0. The maximum atomic E-state index is 12.5. The van der Waals surface area contributed by atoms with Crippen LogP contribution in [-0.2, 0) is 0 Å². The van der Waals surface area contributed by atoms with Crippen LogP contribution in [0.15, 0.2) is 18.5 Å². The zero-order valence-corrected chi connectivity index (χ0v) is 10.9. The van der Waals surface area contributed by atoms with E-state index in [-0.39, 0.29) is 5.91 Å². The Morgan fingerprint density at radius 3 is 3.06 bits per heavy atom. The number of amides is 1. The van der Waals surface area contributed by atoms with E-state index in [0.717, 1.165) is 19.4 Å². The molecule has 0 radical (unpaired) electrons. The molecule has 1 unspecified atom stereocenters. The number of hydrogen-bond acceptors (Lipinski definition) is 4. The van der Waals surface area contributed by atoms with E-state index in [4.69, 9.17) is 5.84 Å². The molecule has 1 amide bonds. The van der Waals surface area contributed by atoms with Gasteiger partial charge in [-0.3, -0.25) is 15.6 Å². The number of rotatable bonds is 3. The molecular formula is C13H20N4O. The van der Waals surface area contributed by atoms with Gasteiger partial charge in [0.1, 0.15) is 0 Å². The first-order valence-electron chi connectivity index (χ1n) is 6.36. The fraction of sp³-hybridized carbons (Fsp3) is 0.538. The number of nitrogens with zero attached hydrogens (tertiary/aromatic N) is 2. The normalized spacial score (nSPS) is 19.3. The van der Waals surface area contributed by atoms with Gasteiger partial charge in [0.05, 0.1) is 11.3 Å². The van der Waals surface area contributed by atoms with E-state index in [9.17, 15) is 4.79 Å². The van der Waals surface area contributed by atoms with Crippen molar-refractivity contribution in [3.63, 3.8) is 0 Å². The number of carbonyl (C=O) groups excluding carboxylic acids is 1. The van der Waals surface area contributed by atoms with Crippen molar-refractivity contribution >= 4 is 11.6 Å².